The summed E-state index contributed by atoms with van der Waals surface area (Å²) in [6.45, 7) is 0. The molecule has 0 atom stereocenters. The fourth-order valence-electron chi connectivity index (χ4n) is 1.18. The van der Waals surface area contributed by atoms with E-state index in [9.17, 15) is 0 Å². The zero-order chi connectivity index (χ0) is 10.5. The van der Waals surface area contributed by atoms with E-state index in [4.69, 9.17) is 10.8 Å². The maximum atomic E-state index is 5.25. The first-order chi connectivity index (χ1) is 7.40. The van der Waals surface area contributed by atoms with Gasteiger partial charge in [-0.05, 0) is 24.1 Å². The van der Waals surface area contributed by atoms with E-state index in [1.54, 1.807) is 12.3 Å². The minimum absolute atomic E-state index is 0.485. The summed E-state index contributed by atoms with van der Waals surface area (Å²) < 4.78 is 5.06. The molecule has 0 unspecified atom stereocenters. The van der Waals surface area contributed by atoms with Crippen LogP contribution in [0.5, 0.6) is 0 Å². The summed E-state index contributed by atoms with van der Waals surface area (Å²) in [5.74, 6) is 8.92. The van der Waals surface area contributed by atoms with Crippen LogP contribution in [0.2, 0.25) is 0 Å². The normalized spacial score (nSPS) is 8.73. The maximum absolute atomic E-state index is 5.25. The first-order valence-electron chi connectivity index (χ1n) is 4.51. The standard InChI is InChI=1S/C14H8O/c1-2-14-13(10-11-15-14)9-8-12-6-4-3-5-7-12/h1,3-7,10-11H. The molecule has 0 saturated heterocycles. The molecule has 0 saturated carbocycles. The van der Waals surface area contributed by atoms with E-state index in [1.807, 2.05) is 30.3 Å². The van der Waals surface area contributed by atoms with Crippen LogP contribution in [0.15, 0.2) is 47.1 Å². The van der Waals surface area contributed by atoms with Gasteiger partial charge >= 0.3 is 0 Å². The van der Waals surface area contributed by atoms with E-state index in [0.29, 0.717) is 5.76 Å². The lowest BCUT2D eigenvalue weighted by Crippen LogP contribution is -1.75. The highest BCUT2D eigenvalue weighted by molar-refractivity contribution is 5.47. The molecule has 0 aliphatic heterocycles. The van der Waals surface area contributed by atoms with E-state index in [0.717, 1.165) is 11.1 Å². The summed E-state index contributed by atoms with van der Waals surface area (Å²) in [6, 6.07) is 11.5. The Bertz CT molecular complexity index is 544. The van der Waals surface area contributed by atoms with Gasteiger partial charge in [0.25, 0.3) is 0 Å². The van der Waals surface area contributed by atoms with Crippen molar-refractivity contribution in [3.63, 3.8) is 0 Å². The average Bonchev–Trinajstić information content (AvgIpc) is 2.75. The Morgan fingerprint density at radius 3 is 2.53 bits per heavy atom. The molecule has 15 heavy (non-hydrogen) atoms. The second-order valence-electron chi connectivity index (χ2n) is 2.92. The molecule has 0 N–H and O–H groups in total. The number of furan rings is 1. The van der Waals surface area contributed by atoms with Crippen molar-refractivity contribution in [1.29, 1.82) is 0 Å². The van der Waals surface area contributed by atoms with E-state index in [-0.39, 0.29) is 0 Å². The van der Waals surface area contributed by atoms with Crippen molar-refractivity contribution < 1.29 is 4.42 Å². The summed E-state index contributed by atoms with van der Waals surface area (Å²) >= 11 is 0. The van der Waals surface area contributed by atoms with Crippen LogP contribution >= 0.6 is 0 Å². The number of benzene rings is 1. The van der Waals surface area contributed by atoms with Crippen LogP contribution in [0, 0.1) is 24.2 Å². The molecule has 0 bridgehead atoms. The molecular formula is C14H8O. The van der Waals surface area contributed by atoms with Gasteiger partial charge in [-0.3, -0.25) is 0 Å². The van der Waals surface area contributed by atoms with Crippen LogP contribution in [-0.2, 0) is 0 Å². The van der Waals surface area contributed by atoms with Gasteiger partial charge in [0.05, 0.1) is 11.8 Å². The molecule has 1 aromatic carbocycles. The SMILES string of the molecule is C#Cc1occc1C#Cc1ccccc1. The van der Waals surface area contributed by atoms with Gasteiger partial charge < -0.3 is 4.42 Å². The highest BCUT2D eigenvalue weighted by atomic mass is 16.3. The van der Waals surface area contributed by atoms with Gasteiger partial charge in [0, 0.05) is 5.56 Å². The average molecular weight is 192 g/mol. The topological polar surface area (TPSA) is 13.1 Å². The molecule has 1 aromatic heterocycles. The maximum Gasteiger partial charge on any atom is 0.191 e. The lowest BCUT2D eigenvalue weighted by molar-refractivity contribution is 0.554. The Morgan fingerprint density at radius 2 is 1.80 bits per heavy atom. The Balaban J connectivity index is 2.31. The lowest BCUT2D eigenvalue weighted by atomic mass is 10.2. The van der Waals surface area contributed by atoms with Crippen molar-refractivity contribution in [1.82, 2.24) is 0 Å². The third-order valence-corrected chi connectivity index (χ3v) is 1.91. The molecular weight excluding hydrogens is 184 g/mol. The van der Waals surface area contributed by atoms with Crippen LogP contribution in [0.3, 0.4) is 0 Å². The molecule has 0 fully saturated rings. The van der Waals surface area contributed by atoms with Crippen molar-refractivity contribution >= 4 is 0 Å². The van der Waals surface area contributed by atoms with Gasteiger partial charge in [-0.15, -0.1) is 6.42 Å². The molecule has 1 heterocycles. The minimum atomic E-state index is 0.485. The third kappa shape index (κ3) is 2.10. The fourth-order valence-corrected chi connectivity index (χ4v) is 1.18. The van der Waals surface area contributed by atoms with E-state index in [2.05, 4.69) is 17.8 Å². The van der Waals surface area contributed by atoms with E-state index < -0.39 is 0 Å². The number of hydrogen-bond acceptors (Lipinski definition) is 1. The van der Waals surface area contributed by atoms with Crippen molar-refractivity contribution in [3.05, 3.63) is 59.5 Å². The molecule has 0 aliphatic rings. The van der Waals surface area contributed by atoms with Crippen molar-refractivity contribution in [2.24, 2.45) is 0 Å². The number of terminal acetylenes is 1. The molecule has 2 rings (SSSR count). The quantitative estimate of drug-likeness (QED) is 0.585. The molecule has 70 valence electrons. The highest BCUT2D eigenvalue weighted by Gasteiger charge is 1.98. The fraction of sp³-hybridized carbons (Fsp3) is 0. The van der Waals surface area contributed by atoms with Crippen LogP contribution in [0.4, 0.5) is 0 Å². The van der Waals surface area contributed by atoms with Crippen LogP contribution in [-0.4, -0.2) is 0 Å². The van der Waals surface area contributed by atoms with Gasteiger partial charge in [0.15, 0.2) is 5.76 Å². The van der Waals surface area contributed by atoms with Crippen LogP contribution < -0.4 is 0 Å². The van der Waals surface area contributed by atoms with Gasteiger partial charge in [0.2, 0.25) is 0 Å². The molecule has 0 spiro atoms. The number of rotatable bonds is 0. The molecule has 1 nitrogen and oxygen atoms in total. The Hall–Kier alpha value is -2.38. The van der Waals surface area contributed by atoms with Crippen molar-refractivity contribution in [3.8, 4) is 24.2 Å². The third-order valence-electron chi connectivity index (χ3n) is 1.91. The van der Waals surface area contributed by atoms with Crippen molar-refractivity contribution in [2.75, 3.05) is 0 Å². The minimum Gasteiger partial charge on any atom is -0.455 e. The number of hydrogen-bond donors (Lipinski definition) is 0. The smallest absolute Gasteiger partial charge is 0.191 e. The largest absolute Gasteiger partial charge is 0.455 e. The molecule has 0 aliphatic carbocycles. The van der Waals surface area contributed by atoms with Gasteiger partial charge in [-0.25, -0.2) is 0 Å². The highest BCUT2D eigenvalue weighted by Crippen LogP contribution is 2.07. The van der Waals surface area contributed by atoms with Crippen LogP contribution in [0.25, 0.3) is 0 Å². The zero-order valence-corrected chi connectivity index (χ0v) is 8.03. The van der Waals surface area contributed by atoms with Gasteiger partial charge in [-0.1, -0.05) is 30.0 Å². The Morgan fingerprint density at radius 1 is 1.00 bits per heavy atom. The second kappa shape index (κ2) is 4.22. The predicted octanol–water partition coefficient (Wildman–Crippen LogP) is 2.66. The van der Waals surface area contributed by atoms with Gasteiger partial charge in [-0.2, -0.15) is 0 Å². The zero-order valence-electron chi connectivity index (χ0n) is 8.03. The summed E-state index contributed by atoms with van der Waals surface area (Å²) in [5.41, 5.74) is 1.71. The summed E-state index contributed by atoms with van der Waals surface area (Å²) in [5, 5.41) is 0. The Labute approximate surface area is 88.7 Å². The van der Waals surface area contributed by atoms with E-state index in [1.165, 1.54) is 0 Å². The summed E-state index contributed by atoms with van der Waals surface area (Å²) in [4.78, 5) is 0. The second-order valence-corrected chi connectivity index (χ2v) is 2.92. The van der Waals surface area contributed by atoms with Gasteiger partial charge in [0.1, 0.15) is 0 Å². The van der Waals surface area contributed by atoms with Crippen molar-refractivity contribution in [2.45, 2.75) is 0 Å². The predicted molar refractivity (Wildman–Crippen MR) is 59.1 cm³/mol. The molecule has 2 aromatic rings. The molecule has 1 heteroatoms. The molecule has 0 amide bonds. The summed E-state index contributed by atoms with van der Waals surface area (Å²) in [6.07, 6.45) is 6.80. The van der Waals surface area contributed by atoms with Crippen LogP contribution in [0.1, 0.15) is 16.9 Å². The first-order valence-corrected chi connectivity index (χ1v) is 4.51. The monoisotopic (exact) mass is 192 g/mol. The summed E-state index contributed by atoms with van der Waals surface area (Å²) in [7, 11) is 0. The lowest BCUT2D eigenvalue weighted by Gasteiger charge is -1.86. The first kappa shape index (κ1) is 9.19. The Kier molecular flexibility index (Phi) is 2.59. The molecule has 0 radical (unpaired) electrons. The van der Waals surface area contributed by atoms with E-state index >= 15 is 0 Å².